The van der Waals surface area contributed by atoms with E-state index in [1.54, 1.807) is 17.4 Å². The number of thiophene rings is 1. The topological polar surface area (TPSA) is 54.9 Å². The number of carbonyl (C=O) groups is 1. The largest absolute Gasteiger partial charge is 0.296 e. The second-order valence-corrected chi connectivity index (χ2v) is 6.47. The molecule has 1 aromatic carbocycles. The van der Waals surface area contributed by atoms with Gasteiger partial charge in [0.1, 0.15) is 5.01 Å². The number of rotatable bonds is 3. The summed E-state index contributed by atoms with van der Waals surface area (Å²) in [4.78, 5) is 12.1. The molecule has 0 atom stereocenters. The molecule has 0 unspecified atom stereocenters. The van der Waals surface area contributed by atoms with Crippen molar-refractivity contribution in [3.63, 3.8) is 0 Å². The smallest absolute Gasteiger partial charge is 0.258 e. The van der Waals surface area contributed by atoms with Gasteiger partial charge in [0, 0.05) is 15.4 Å². The van der Waals surface area contributed by atoms with Crippen LogP contribution in [0.3, 0.4) is 0 Å². The van der Waals surface area contributed by atoms with E-state index < -0.39 is 0 Å². The first-order valence-electron chi connectivity index (χ1n) is 5.66. The normalized spacial score (nSPS) is 10.4. The third-order valence-electron chi connectivity index (χ3n) is 2.53. The molecule has 0 saturated heterocycles. The number of benzene rings is 1. The van der Waals surface area contributed by atoms with Gasteiger partial charge in [0.2, 0.25) is 5.13 Å². The molecule has 3 aromatic rings. The van der Waals surface area contributed by atoms with Crippen LogP contribution >= 0.6 is 38.6 Å². The van der Waals surface area contributed by atoms with Gasteiger partial charge >= 0.3 is 0 Å². The Bertz CT molecular complexity index is 740. The molecule has 0 bridgehead atoms. The van der Waals surface area contributed by atoms with Crippen LogP contribution in [0.15, 0.2) is 45.6 Å². The standard InChI is InChI=1S/C13H8BrN3OS2/c14-10-4-2-1-3-9(10)11(18)15-13-17-16-12(20-13)8-5-6-19-7-8/h1-7H,(H,15,17,18). The average molecular weight is 366 g/mol. The highest BCUT2D eigenvalue weighted by Gasteiger charge is 2.13. The molecule has 0 fully saturated rings. The zero-order chi connectivity index (χ0) is 13.9. The van der Waals surface area contributed by atoms with Gasteiger partial charge in [-0.3, -0.25) is 10.1 Å². The minimum Gasteiger partial charge on any atom is -0.296 e. The molecule has 0 saturated carbocycles. The summed E-state index contributed by atoms with van der Waals surface area (Å²) in [7, 11) is 0. The fraction of sp³-hybridized carbons (Fsp3) is 0. The van der Waals surface area contributed by atoms with Crippen LogP contribution in [0, 0.1) is 0 Å². The van der Waals surface area contributed by atoms with Crippen molar-refractivity contribution in [2.24, 2.45) is 0 Å². The molecule has 2 aromatic heterocycles. The molecule has 0 aliphatic carbocycles. The summed E-state index contributed by atoms with van der Waals surface area (Å²) < 4.78 is 0.750. The van der Waals surface area contributed by atoms with Crippen LogP contribution in [0.1, 0.15) is 10.4 Å². The van der Waals surface area contributed by atoms with Crippen molar-refractivity contribution >= 4 is 49.6 Å². The highest BCUT2D eigenvalue weighted by atomic mass is 79.9. The Morgan fingerprint density at radius 1 is 1.20 bits per heavy atom. The van der Waals surface area contributed by atoms with Crippen molar-refractivity contribution in [2.75, 3.05) is 5.32 Å². The molecule has 4 nitrogen and oxygen atoms in total. The van der Waals surface area contributed by atoms with E-state index in [4.69, 9.17) is 0 Å². The van der Waals surface area contributed by atoms with Crippen LogP contribution in [0.25, 0.3) is 10.6 Å². The maximum Gasteiger partial charge on any atom is 0.258 e. The first-order chi connectivity index (χ1) is 9.74. The fourth-order valence-corrected chi connectivity index (χ4v) is 3.50. The molecule has 2 heterocycles. The van der Waals surface area contributed by atoms with Crippen LogP contribution in [-0.4, -0.2) is 16.1 Å². The van der Waals surface area contributed by atoms with Gasteiger partial charge in [0.05, 0.1) is 5.56 Å². The first kappa shape index (κ1) is 13.4. The Morgan fingerprint density at radius 2 is 2.05 bits per heavy atom. The van der Waals surface area contributed by atoms with Crippen LogP contribution in [0.5, 0.6) is 0 Å². The van der Waals surface area contributed by atoms with Gasteiger partial charge < -0.3 is 0 Å². The van der Waals surface area contributed by atoms with E-state index in [2.05, 4.69) is 31.4 Å². The number of halogens is 1. The van der Waals surface area contributed by atoms with Gasteiger partial charge in [-0.15, -0.1) is 10.2 Å². The van der Waals surface area contributed by atoms with E-state index in [1.165, 1.54) is 11.3 Å². The summed E-state index contributed by atoms with van der Waals surface area (Å²) in [6, 6.07) is 9.23. The van der Waals surface area contributed by atoms with E-state index in [1.807, 2.05) is 35.0 Å². The lowest BCUT2D eigenvalue weighted by atomic mass is 10.2. The fourth-order valence-electron chi connectivity index (χ4n) is 1.59. The number of nitrogens with zero attached hydrogens (tertiary/aromatic N) is 2. The predicted octanol–water partition coefficient (Wildman–Crippen LogP) is 4.28. The van der Waals surface area contributed by atoms with E-state index in [-0.39, 0.29) is 5.91 Å². The van der Waals surface area contributed by atoms with E-state index in [0.717, 1.165) is 15.0 Å². The van der Waals surface area contributed by atoms with Crippen molar-refractivity contribution in [1.82, 2.24) is 10.2 Å². The highest BCUT2D eigenvalue weighted by Crippen LogP contribution is 2.28. The average Bonchev–Trinajstić information content (AvgIpc) is 3.09. The summed E-state index contributed by atoms with van der Waals surface area (Å²) in [5.74, 6) is -0.203. The second kappa shape index (κ2) is 5.82. The molecule has 0 spiro atoms. The summed E-state index contributed by atoms with van der Waals surface area (Å²) in [5, 5.41) is 16.1. The van der Waals surface area contributed by atoms with Gasteiger partial charge in [-0.1, -0.05) is 23.5 Å². The Morgan fingerprint density at radius 3 is 2.80 bits per heavy atom. The quantitative estimate of drug-likeness (QED) is 0.753. The molecular formula is C13H8BrN3OS2. The minimum atomic E-state index is -0.203. The van der Waals surface area contributed by atoms with Gasteiger partial charge in [-0.25, -0.2) is 0 Å². The second-order valence-electron chi connectivity index (χ2n) is 3.86. The van der Waals surface area contributed by atoms with Crippen molar-refractivity contribution in [3.8, 4) is 10.6 Å². The maximum atomic E-state index is 12.1. The number of carbonyl (C=O) groups excluding carboxylic acids is 1. The van der Waals surface area contributed by atoms with Gasteiger partial charge in [0.15, 0.2) is 0 Å². The molecule has 20 heavy (non-hydrogen) atoms. The molecule has 0 aliphatic rings. The number of amides is 1. The summed E-state index contributed by atoms with van der Waals surface area (Å²) >= 11 is 6.31. The number of anilines is 1. The van der Waals surface area contributed by atoms with Gasteiger partial charge in [-0.2, -0.15) is 11.3 Å². The zero-order valence-corrected chi connectivity index (χ0v) is 13.3. The maximum absolute atomic E-state index is 12.1. The Hall–Kier alpha value is -1.57. The Balaban J connectivity index is 1.79. The minimum absolute atomic E-state index is 0.203. The predicted molar refractivity (Wildman–Crippen MR) is 85.3 cm³/mol. The lowest BCUT2D eigenvalue weighted by molar-refractivity contribution is 0.102. The van der Waals surface area contributed by atoms with Gasteiger partial charge in [-0.05, 0) is 39.5 Å². The number of hydrogen-bond acceptors (Lipinski definition) is 5. The molecule has 0 aliphatic heterocycles. The lowest BCUT2D eigenvalue weighted by Crippen LogP contribution is -2.12. The van der Waals surface area contributed by atoms with Crippen LogP contribution in [0.2, 0.25) is 0 Å². The molecular weight excluding hydrogens is 358 g/mol. The Kier molecular flexibility index (Phi) is 3.90. The molecule has 1 amide bonds. The third kappa shape index (κ3) is 2.79. The molecule has 7 heteroatoms. The summed E-state index contributed by atoms with van der Waals surface area (Å²) in [6.45, 7) is 0. The number of nitrogens with one attached hydrogen (secondary N) is 1. The third-order valence-corrected chi connectivity index (χ3v) is 4.79. The number of hydrogen-bond donors (Lipinski definition) is 1. The van der Waals surface area contributed by atoms with E-state index >= 15 is 0 Å². The van der Waals surface area contributed by atoms with Crippen LogP contribution < -0.4 is 5.32 Å². The first-order valence-corrected chi connectivity index (χ1v) is 8.21. The molecule has 100 valence electrons. The monoisotopic (exact) mass is 365 g/mol. The van der Waals surface area contributed by atoms with Crippen molar-refractivity contribution < 1.29 is 4.79 Å². The molecule has 1 N–H and O–H groups in total. The van der Waals surface area contributed by atoms with Crippen LogP contribution in [0.4, 0.5) is 5.13 Å². The van der Waals surface area contributed by atoms with Crippen molar-refractivity contribution in [1.29, 1.82) is 0 Å². The Labute approximate surface area is 131 Å². The molecule has 0 radical (unpaired) electrons. The van der Waals surface area contributed by atoms with Crippen molar-refractivity contribution in [3.05, 3.63) is 51.1 Å². The van der Waals surface area contributed by atoms with Crippen molar-refractivity contribution in [2.45, 2.75) is 0 Å². The summed E-state index contributed by atoms with van der Waals surface area (Å²) in [5.41, 5.74) is 1.59. The molecule has 3 rings (SSSR count). The summed E-state index contributed by atoms with van der Waals surface area (Å²) in [6.07, 6.45) is 0. The highest BCUT2D eigenvalue weighted by molar-refractivity contribution is 9.10. The number of aromatic nitrogens is 2. The zero-order valence-electron chi connectivity index (χ0n) is 10.0. The van der Waals surface area contributed by atoms with Crippen LogP contribution in [-0.2, 0) is 0 Å². The SMILES string of the molecule is O=C(Nc1nnc(-c2ccsc2)s1)c1ccccc1Br. The van der Waals surface area contributed by atoms with Gasteiger partial charge in [0.25, 0.3) is 5.91 Å². The lowest BCUT2D eigenvalue weighted by Gasteiger charge is -2.02. The van der Waals surface area contributed by atoms with E-state index in [0.29, 0.717) is 10.7 Å². The van der Waals surface area contributed by atoms with E-state index in [9.17, 15) is 4.79 Å².